The van der Waals surface area contributed by atoms with Crippen molar-refractivity contribution < 1.29 is 32.9 Å². The quantitative estimate of drug-likeness (QED) is 0.264. The largest absolute Gasteiger partial charge is 0.497 e. The zero-order valence-electron chi connectivity index (χ0n) is 22.6. The molecule has 0 unspecified atom stereocenters. The Morgan fingerprint density at radius 3 is 2.60 bits per heavy atom. The lowest BCUT2D eigenvalue weighted by atomic mass is 9.71. The number of carbonyl (C=O) groups is 1. The van der Waals surface area contributed by atoms with Gasteiger partial charge >= 0.3 is 5.97 Å². The molecule has 1 saturated heterocycles. The van der Waals surface area contributed by atoms with Crippen LogP contribution in [0.25, 0.3) is 10.9 Å². The van der Waals surface area contributed by atoms with Gasteiger partial charge in [-0.05, 0) is 105 Å². The van der Waals surface area contributed by atoms with Gasteiger partial charge in [-0.1, -0.05) is 0 Å². The van der Waals surface area contributed by atoms with Gasteiger partial charge in [0.2, 0.25) is 0 Å². The average molecular weight is 560 g/mol. The van der Waals surface area contributed by atoms with Crippen LogP contribution in [0.4, 0.5) is 13.2 Å². The molecule has 1 aliphatic heterocycles. The number of halogens is 3. The van der Waals surface area contributed by atoms with Gasteiger partial charge in [-0.25, -0.2) is 13.2 Å². The minimum Gasteiger partial charge on any atom is -0.497 e. The number of likely N-dealkylation sites (tertiary alicyclic amines) is 1. The molecule has 0 radical (unpaired) electrons. The number of aliphatic hydroxyl groups excluding tert-OH is 1. The predicted octanol–water partition coefficient (Wildman–Crippen LogP) is 5.12. The molecular weight excluding hydrogens is 523 g/mol. The maximum absolute atomic E-state index is 14.0. The summed E-state index contributed by atoms with van der Waals surface area (Å²) in [5.74, 6) is -3.25. The number of nitrogens with two attached hydrogens (primary N) is 1. The van der Waals surface area contributed by atoms with Crippen LogP contribution in [0.2, 0.25) is 0 Å². The maximum atomic E-state index is 14.0. The standard InChI is InChI=1S/C30H36F3N3O4/c1-40-22-4-5-25-23(15-22)28(20(17-34)18-35-25)26(37)6-7-30(16-27(38)39)8-11-36(12-9-30)10-2-3-19-13-21(31)14-24(32)29(19)33/h4-5,13-15,18,26,37H,2-3,6-12,16-17,34H2,1H3,(H,38,39)/t26-/m1/s1. The first-order valence-electron chi connectivity index (χ1n) is 13.6. The first-order valence-corrected chi connectivity index (χ1v) is 13.6. The lowest BCUT2D eigenvalue weighted by Gasteiger charge is -2.41. The molecule has 7 nitrogen and oxygen atoms in total. The van der Waals surface area contributed by atoms with Gasteiger partial charge in [-0.3, -0.25) is 9.78 Å². The molecule has 2 aromatic carbocycles. The lowest BCUT2D eigenvalue weighted by Crippen LogP contribution is -2.41. The van der Waals surface area contributed by atoms with Crippen molar-refractivity contribution >= 4 is 16.9 Å². The van der Waals surface area contributed by atoms with Crippen molar-refractivity contribution in [3.8, 4) is 5.75 Å². The number of pyridine rings is 1. The van der Waals surface area contributed by atoms with Crippen LogP contribution >= 0.6 is 0 Å². The summed E-state index contributed by atoms with van der Waals surface area (Å²) < 4.78 is 46.3. The van der Waals surface area contributed by atoms with Gasteiger partial charge in [0.15, 0.2) is 11.6 Å². The van der Waals surface area contributed by atoms with Gasteiger partial charge in [0.05, 0.1) is 25.2 Å². The summed E-state index contributed by atoms with van der Waals surface area (Å²) >= 11 is 0. The van der Waals surface area contributed by atoms with Crippen LogP contribution in [-0.4, -0.2) is 52.8 Å². The fraction of sp³-hybridized carbons (Fsp3) is 0.467. The number of hydrogen-bond donors (Lipinski definition) is 3. The molecule has 2 heterocycles. The Balaban J connectivity index is 1.41. The van der Waals surface area contributed by atoms with Gasteiger partial charge in [-0.2, -0.15) is 0 Å². The number of carboxylic acid groups (broad SMARTS) is 1. The van der Waals surface area contributed by atoms with E-state index in [-0.39, 0.29) is 24.9 Å². The molecule has 1 aliphatic rings. The van der Waals surface area contributed by atoms with Crippen molar-refractivity contribution in [3.63, 3.8) is 0 Å². The zero-order valence-corrected chi connectivity index (χ0v) is 22.6. The summed E-state index contributed by atoms with van der Waals surface area (Å²) in [5.41, 5.74) is 7.63. The zero-order chi connectivity index (χ0) is 28.9. The topological polar surface area (TPSA) is 109 Å². The number of hydrogen-bond acceptors (Lipinski definition) is 6. The minimum absolute atomic E-state index is 0.00397. The minimum atomic E-state index is -1.19. The summed E-state index contributed by atoms with van der Waals surface area (Å²) in [6, 6.07) is 7.01. The molecule has 1 atom stereocenters. The second-order valence-corrected chi connectivity index (χ2v) is 10.7. The van der Waals surface area contributed by atoms with E-state index in [0.29, 0.717) is 74.6 Å². The molecule has 0 aliphatic carbocycles. The first kappa shape index (κ1) is 29.8. The predicted molar refractivity (Wildman–Crippen MR) is 145 cm³/mol. The molecule has 1 aromatic heterocycles. The van der Waals surface area contributed by atoms with Crippen molar-refractivity contribution in [2.75, 3.05) is 26.7 Å². The highest BCUT2D eigenvalue weighted by Gasteiger charge is 2.37. The maximum Gasteiger partial charge on any atom is 0.303 e. The third-order valence-corrected chi connectivity index (χ3v) is 8.13. The second kappa shape index (κ2) is 13.0. The van der Waals surface area contributed by atoms with Crippen molar-refractivity contribution in [2.45, 2.75) is 57.6 Å². The van der Waals surface area contributed by atoms with Crippen molar-refractivity contribution in [1.82, 2.24) is 9.88 Å². The molecule has 0 spiro atoms. The summed E-state index contributed by atoms with van der Waals surface area (Å²) in [6.07, 6.45) is 3.66. The second-order valence-electron chi connectivity index (χ2n) is 10.7. The van der Waals surface area contributed by atoms with E-state index in [4.69, 9.17) is 10.5 Å². The van der Waals surface area contributed by atoms with Crippen LogP contribution in [0.3, 0.4) is 0 Å². The van der Waals surface area contributed by atoms with Gasteiger partial charge in [-0.15, -0.1) is 0 Å². The van der Waals surface area contributed by atoms with E-state index in [2.05, 4.69) is 9.88 Å². The summed E-state index contributed by atoms with van der Waals surface area (Å²) in [6.45, 7) is 2.10. The molecule has 0 saturated carbocycles. The van der Waals surface area contributed by atoms with Gasteiger partial charge in [0.25, 0.3) is 0 Å². The molecule has 1 fully saturated rings. The van der Waals surface area contributed by atoms with Crippen LogP contribution < -0.4 is 10.5 Å². The van der Waals surface area contributed by atoms with E-state index in [1.807, 2.05) is 12.1 Å². The number of benzene rings is 2. The van der Waals surface area contributed by atoms with Gasteiger partial charge in [0, 0.05) is 24.2 Å². The Labute approximate surface area is 231 Å². The van der Waals surface area contributed by atoms with E-state index in [1.54, 1.807) is 19.4 Å². The Morgan fingerprint density at radius 1 is 1.18 bits per heavy atom. The van der Waals surface area contributed by atoms with Crippen LogP contribution in [-0.2, 0) is 17.8 Å². The lowest BCUT2D eigenvalue weighted by molar-refractivity contribution is -0.141. The summed E-state index contributed by atoms with van der Waals surface area (Å²) in [7, 11) is 1.57. The summed E-state index contributed by atoms with van der Waals surface area (Å²) in [5, 5.41) is 21.8. The van der Waals surface area contributed by atoms with E-state index >= 15 is 0 Å². The SMILES string of the molecule is COc1ccc2ncc(CN)c([C@H](O)CCC3(CC(=O)O)CCN(CCCc4cc(F)cc(F)c4F)CC3)c2c1. The highest BCUT2D eigenvalue weighted by Crippen LogP contribution is 2.42. The van der Waals surface area contributed by atoms with Crippen LogP contribution in [0.15, 0.2) is 36.5 Å². The molecule has 216 valence electrons. The Bertz CT molecular complexity index is 1340. The normalized spacial score (nSPS) is 16.2. The number of aromatic nitrogens is 1. The summed E-state index contributed by atoms with van der Waals surface area (Å²) in [4.78, 5) is 18.4. The van der Waals surface area contributed by atoms with Crippen molar-refractivity contribution in [3.05, 3.63) is 70.7 Å². The third kappa shape index (κ3) is 6.92. The smallest absolute Gasteiger partial charge is 0.303 e. The Hall–Kier alpha value is -3.21. The molecule has 40 heavy (non-hydrogen) atoms. The molecular formula is C30H36F3N3O4. The van der Waals surface area contributed by atoms with E-state index in [9.17, 15) is 28.2 Å². The van der Waals surface area contributed by atoms with Crippen LogP contribution in [0.1, 0.15) is 61.3 Å². The third-order valence-electron chi connectivity index (χ3n) is 8.13. The molecule has 0 bridgehead atoms. The molecule has 0 amide bonds. The number of aliphatic hydroxyl groups is 1. The average Bonchev–Trinajstić information content (AvgIpc) is 2.94. The monoisotopic (exact) mass is 559 g/mol. The number of methoxy groups -OCH3 is 1. The van der Waals surface area contributed by atoms with Crippen molar-refractivity contribution in [1.29, 1.82) is 0 Å². The highest BCUT2D eigenvalue weighted by atomic mass is 19.2. The number of ether oxygens (including phenoxy) is 1. The van der Waals surface area contributed by atoms with E-state index in [0.717, 1.165) is 17.0 Å². The number of piperidine rings is 1. The number of nitrogens with zero attached hydrogens (tertiary/aromatic N) is 2. The number of fused-ring (bicyclic) bond motifs is 1. The van der Waals surface area contributed by atoms with Crippen molar-refractivity contribution in [2.24, 2.45) is 11.1 Å². The van der Waals surface area contributed by atoms with Gasteiger partial charge < -0.3 is 25.6 Å². The van der Waals surface area contributed by atoms with E-state index < -0.39 is 34.9 Å². The highest BCUT2D eigenvalue weighted by molar-refractivity contribution is 5.85. The molecule has 10 heteroatoms. The van der Waals surface area contributed by atoms with Gasteiger partial charge in [0.1, 0.15) is 11.6 Å². The van der Waals surface area contributed by atoms with E-state index in [1.165, 1.54) is 0 Å². The number of aryl methyl sites for hydroxylation is 1. The molecule has 3 aromatic rings. The van der Waals surface area contributed by atoms with Crippen LogP contribution in [0.5, 0.6) is 5.75 Å². The Kier molecular flexibility index (Phi) is 9.65. The Morgan fingerprint density at radius 2 is 1.93 bits per heavy atom. The molecule has 4 rings (SSSR count). The fourth-order valence-corrected chi connectivity index (χ4v) is 5.88. The number of aliphatic carboxylic acids is 1. The number of carboxylic acids is 1. The first-order chi connectivity index (χ1) is 19.1. The number of rotatable bonds is 12. The molecule has 4 N–H and O–H groups in total. The van der Waals surface area contributed by atoms with Crippen LogP contribution in [0, 0.1) is 22.9 Å². The fourth-order valence-electron chi connectivity index (χ4n) is 5.88.